The highest BCUT2D eigenvalue weighted by Crippen LogP contribution is 2.47. The van der Waals surface area contributed by atoms with Crippen LogP contribution >= 0.6 is 11.3 Å². The average Bonchev–Trinajstić information content (AvgIpc) is 3.06. The van der Waals surface area contributed by atoms with E-state index in [1.165, 1.54) is 16.0 Å². The molecule has 0 bridgehead atoms. The van der Waals surface area contributed by atoms with E-state index in [2.05, 4.69) is 19.9 Å². The summed E-state index contributed by atoms with van der Waals surface area (Å²) in [5, 5.41) is 0. The van der Waals surface area contributed by atoms with Crippen LogP contribution in [0.15, 0.2) is 30.3 Å². The number of rotatable bonds is 7. The fourth-order valence-electron chi connectivity index (χ4n) is 3.34. The second-order valence-electron chi connectivity index (χ2n) is 6.49. The fraction of sp³-hybridized carbons (Fsp3) is 0.304. The van der Waals surface area contributed by atoms with Crippen LogP contribution in [0.1, 0.15) is 11.1 Å². The molecule has 0 aliphatic rings. The first-order valence-electron chi connectivity index (χ1n) is 9.11. The van der Waals surface area contributed by atoms with Crippen LogP contribution in [0.4, 0.5) is 0 Å². The highest BCUT2D eigenvalue weighted by molar-refractivity contribution is 7.19. The first kappa shape index (κ1) is 20.9. The summed E-state index contributed by atoms with van der Waals surface area (Å²) in [4.78, 5) is 2.35. The maximum Gasteiger partial charge on any atom is 0.203 e. The van der Waals surface area contributed by atoms with Gasteiger partial charge in [0.2, 0.25) is 5.75 Å². The van der Waals surface area contributed by atoms with Crippen LogP contribution in [0, 0.1) is 13.8 Å². The Labute approximate surface area is 175 Å². The summed E-state index contributed by atoms with van der Waals surface area (Å²) in [5.41, 5.74) is 4.56. The molecule has 0 radical (unpaired) electrons. The van der Waals surface area contributed by atoms with Crippen molar-refractivity contribution < 1.29 is 23.7 Å². The molecule has 0 aliphatic heterocycles. The molecule has 0 spiro atoms. The monoisotopic (exact) mass is 414 g/mol. The van der Waals surface area contributed by atoms with Gasteiger partial charge in [0.25, 0.3) is 0 Å². The SMILES string of the molecule is COc1ccc(-c2sc(-c3cc(OC)c(OC)c(OC)c3)c(C)c2C)cc1OC. The highest BCUT2D eigenvalue weighted by Gasteiger charge is 2.20. The van der Waals surface area contributed by atoms with E-state index in [1.807, 2.05) is 24.3 Å². The minimum absolute atomic E-state index is 0.588. The molecular weight excluding hydrogens is 388 g/mol. The lowest BCUT2D eigenvalue weighted by molar-refractivity contribution is 0.324. The summed E-state index contributed by atoms with van der Waals surface area (Å²) in [7, 11) is 8.15. The van der Waals surface area contributed by atoms with Crippen LogP contribution < -0.4 is 23.7 Å². The first-order valence-corrected chi connectivity index (χ1v) is 9.93. The molecule has 1 heterocycles. The Kier molecular flexibility index (Phi) is 6.23. The van der Waals surface area contributed by atoms with Crippen molar-refractivity contribution in [3.05, 3.63) is 41.5 Å². The molecule has 3 rings (SSSR count). The van der Waals surface area contributed by atoms with Crippen molar-refractivity contribution >= 4 is 11.3 Å². The van der Waals surface area contributed by atoms with Gasteiger partial charge in [-0.25, -0.2) is 0 Å². The van der Waals surface area contributed by atoms with E-state index in [9.17, 15) is 0 Å². The second kappa shape index (κ2) is 8.66. The van der Waals surface area contributed by atoms with Gasteiger partial charge in [-0.2, -0.15) is 0 Å². The average molecular weight is 415 g/mol. The van der Waals surface area contributed by atoms with Crippen LogP contribution in [0.25, 0.3) is 20.9 Å². The minimum Gasteiger partial charge on any atom is -0.493 e. The molecule has 0 saturated heterocycles. The van der Waals surface area contributed by atoms with Gasteiger partial charge in [-0.05, 0) is 66.4 Å². The lowest BCUT2D eigenvalue weighted by atomic mass is 10.0. The molecule has 0 aliphatic carbocycles. The second-order valence-corrected chi connectivity index (χ2v) is 7.51. The summed E-state index contributed by atoms with van der Waals surface area (Å²) < 4.78 is 27.4. The fourth-order valence-corrected chi connectivity index (χ4v) is 4.63. The van der Waals surface area contributed by atoms with E-state index < -0.39 is 0 Å². The Morgan fingerprint density at radius 3 is 1.52 bits per heavy atom. The van der Waals surface area contributed by atoms with E-state index in [4.69, 9.17) is 23.7 Å². The summed E-state index contributed by atoms with van der Waals surface area (Å²) in [6.07, 6.45) is 0. The Bertz CT molecular complexity index is 997. The summed E-state index contributed by atoms with van der Waals surface area (Å²) in [6.45, 7) is 4.27. The van der Waals surface area contributed by atoms with E-state index >= 15 is 0 Å². The van der Waals surface area contributed by atoms with Crippen molar-refractivity contribution in [2.45, 2.75) is 13.8 Å². The van der Waals surface area contributed by atoms with Gasteiger partial charge in [0.15, 0.2) is 23.0 Å². The predicted octanol–water partition coefficient (Wildman–Crippen LogP) is 5.74. The van der Waals surface area contributed by atoms with Crippen molar-refractivity contribution in [1.82, 2.24) is 0 Å². The zero-order chi connectivity index (χ0) is 21.1. The molecular formula is C23H26O5S. The summed E-state index contributed by atoms with van der Waals surface area (Å²) in [6, 6.07) is 9.96. The van der Waals surface area contributed by atoms with Crippen LogP contribution in [-0.2, 0) is 0 Å². The van der Waals surface area contributed by atoms with Crippen molar-refractivity contribution in [2.75, 3.05) is 35.5 Å². The molecule has 0 saturated carbocycles. The molecule has 29 heavy (non-hydrogen) atoms. The zero-order valence-electron chi connectivity index (χ0n) is 17.8. The Balaban J connectivity index is 2.15. The third-order valence-corrected chi connectivity index (χ3v) is 6.51. The Morgan fingerprint density at radius 1 is 0.552 bits per heavy atom. The number of benzene rings is 2. The molecule has 0 unspecified atom stereocenters. The molecule has 3 aromatic rings. The van der Waals surface area contributed by atoms with Gasteiger partial charge in [-0.3, -0.25) is 0 Å². The first-order chi connectivity index (χ1) is 14.0. The predicted molar refractivity (Wildman–Crippen MR) is 117 cm³/mol. The van der Waals surface area contributed by atoms with Crippen LogP contribution in [0.3, 0.4) is 0 Å². The third-order valence-electron chi connectivity index (χ3n) is 5.02. The van der Waals surface area contributed by atoms with Crippen LogP contribution in [0.5, 0.6) is 28.7 Å². The van der Waals surface area contributed by atoms with Gasteiger partial charge in [-0.1, -0.05) is 0 Å². The topological polar surface area (TPSA) is 46.2 Å². The normalized spacial score (nSPS) is 10.6. The zero-order valence-corrected chi connectivity index (χ0v) is 18.7. The smallest absolute Gasteiger partial charge is 0.203 e. The van der Waals surface area contributed by atoms with Gasteiger partial charge in [0, 0.05) is 9.75 Å². The number of hydrogen-bond donors (Lipinski definition) is 0. The van der Waals surface area contributed by atoms with Crippen molar-refractivity contribution in [3.8, 4) is 49.6 Å². The lowest BCUT2D eigenvalue weighted by Crippen LogP contribution is -1.95. The molecule has 5 nitrogen and oxygen atoms in total. The van der Waals surface area contributed by atoms with E-state index in [0.29, 0.717) is 28.7 Å². The number of ether oxygens (including phenoxy) is 5. The molecule has 1 aromatic heterocycles. The molecule has 0 atom stereocenters. The van der Waals surface area contributed by atoms with Gasteiger partial charge in [0.05, 0.1) is 35.5 Å². The number of methoxy groups -OCH3 is 5. The van der Waals surface area contributed by atoms with Crippen molar-refractivity contribution in [3.63, 3.8) is 0 Å². The van der Waals surface area contributed by atoms with E-state index in [0.717, 1.165) is 16.0 Å². The van der Waals surface area contributed by atoms with E-state index in [-0.39, 0.29) is 0 Å². The van der Waals surface area contributed by atoms with Gasteiger partial charge in [-0.15, -0.1) is 11.3 Å². The number of hydrogen-bond acceptors (Lipinski definition) is 6. The molecule has 6 heteroatoms. The maximum absolute atomic E-state index is 5.53. The largest absolute Gasteiger partial charge is 0.493 e. The maximum atomic E-state index is 5.53. The van der Waals surface area contributed by atoms with Gasteiger partial charge >= 0.3 is 0 Å². The minimum atomic E-state index is 0.588. The molecule has 0 fully saturated rings. The Hall–Kier alpha value is -2.86. The van der Waals surface area contributed by atoms with Crippen molar-refractivity contribution in [1.29, 1.82) is 0 Å². The van der Waals surface area contributed by atoms with E-state index in [1.54, 1.807) is 46.9 Å². The van der Waals surface area contributed by atoms with Gasteiger partial charge < -0.3 is 23.7 Å². The van der Waals surface area contributed by atoms with Crippen molar-refractivity contribution in [2.24, 2.45) is 0 Å². The van der Waals surface area contributed by atoms with Gasteiger partial charge in [0.1, 0.15) is 0 Å². The molecule has 154 valence electrons. The lowest BCUT2D eigenvalue weighted by Gasteiger charge is -2.14. The molecule has 0 N–H and O–H groups in total. The Morgan fingerprint density at radius 2 is 1.03 bits per heavy atom. The summed E-state index contributed by atoms with van der Waals surface area (Å²) in [5.74, 6) is 3.29. The standard InChI is InChI=1S/C23H26O5S/c1-13-14(2)23(16-11-19(26-5)21(28-7)20(12-16)27-6)29-22(13)15-8-9-17(24-3)18(10-15)25-4/h8-12H,1-7H3. The van der Waals surface area contributed by atoms with Crippen LogP contribution in [0.2, 0.25) is 0 Å². The molecule has 0 amide bonds. The third kappa shape index (κ3) is 3.72. The summed E-state index contributed by atoms with van der Waals surface area (Å²) >= 11 is 1.73. The molecule has 2 aromatic carbocycles. The van der Waals surface area contributed by atoms with Crippen LogP contribution in [-0.4, -0.2) is 35.5 Å². The number of thiophene rings is 1. The highest BCUT2D eigenvalue weighted by atomic mass is 32.1. The quantitative estimate of drug-likeness (QED) is 0.493.